The summed E-state index contributed by atoms with van der Waals surface area (Å²) < 4.78 is 6.71. The molecule has 0 spiro atoms. The van der Waals surface area contributed by atoms with Gasteiger partial charge in [-0.3, -0.25) is 0 Å². The summed E-state index contributed by atoms with van der Waals surface area (Å²) in [7, 11) is 1.97. The molecule has 1 rings (SSSR count). The van der Waals surface area contributed by atoms with Crippen molar-refractivity contribution in [2.75, 3.05) is 20.2 Å². The van der Waals surface area contributed by atoms with Gasteiger partial charge in [0.05, 0.1) is 6.61 Å². The molecule has 1 aromatic rings. The highest BCUT2D eigenvalue weighted by molar-refractivity contribution is 9.10. The number of rotatable bonds is 7. The first-order valence-electron chi connectivity index (χ1n) is 5.30. The van der Waals surface area contributed by atoms with E-state index < -0.39 is 0 Å². The van der Waals surface area contributed by atoms with Crippen LogP contribution in [-0.4, -0.2) is 20.2 Å². The largest absolute Gasteiger partial charge is 0.377 e. The molecule has 0 heterocycles. The van der Waals surface area contributed by atoms with E-state index in [1.165, 1.54) is 12.0 Å². The molecule has 0 aliphatic carbocycles. The Balaban J connectivity index is 2.12. The van der Waals surface area contributed by atoms with Crippen LogP contribution in [0, 0.1) is 0 Å². The van der Waals surface area contributed by atoms with Gasteiger partial charge in [-0.05, 0) is 38.1 Å². The highest BCUT2D eigenvalue weighted by Crippen LogP contribution is 2.16. The average Bonchev–Trinajstić information content (AvgIpc) is 2.25. The molecule has 1 aromatic carbocycles. The van der Waals surface area contributed by atoms with Crippen molar-refractivity contribution >= 4 is 15.9 Å². The predicted octanol–water partition coefficient (Wildman–Crippen LogP) is 2.97. The fraction of sp³-hybridized carbons (Fsp3) is 0.500. The molecule has 0 radical (unpaired) electrons. The molecule has 1 N–H and O–H groups in total. The molecule has 0 bridgehead atoms. The molecule has 0 unspecified atom stereocenters. The Kier molecular flexibility index (Phi) is 6.64. The Morgan fingerprint density at radius 1 is 1.27 bits per heavy atom. The maximum atomic E-state index is 5.59. The van der Waals surface area contributed by atoms with Gasteiger partial charge >= 0.3 is 0 Å². The molecule has 2 nitrogen and oxygen atoms in total. The molecule has 0 fully saturated rings. The van der Waals surface area contributed by atoms with Crippen molar-refractivity contribution in [2.24, 2.45) is 0 Å². The Hall–Kier alpha value is -0.380. The van der Waals surface area contributed by atoms with Crippen LogP contribution in [0.1, 0.15) is 18.4 Å². The quantitative estimate of drug-likeness (QED) is 0.770. The fourth-order valence-electron chi connectivity index (χ4n) is 1.30. The summed E-state index contributed by atoms with van der Waals surface area (Å²) >= 11 is 3.50. The van der Waals surface area contributed by atoms with E-state index in [9.17, 15) is 0 Å². The number of hydrogen-bond acceptors (Lipinski definition) is 2. The Bertz CT molecular complexity index is 278. The van der Waals surface area contributed by atoms with Gasteiger partial charge in [-0.1, -0.05) is 34.1 Å². The van der Waals surface area contributed by atoms with E-state index in [2.05, 4.69) is 27.3 Å². The van der Waals surface area contributed by atoms with E-state index in [1.54, 1.807) is 0 Å². The zero-order valence-electron chi connectivity index (χ0n) is 9.13. The Morgan fingerprint density at radius 2 is 2.07 bits per heavy atom. The fourth-order valence-corrected chi connectivity index (χ4v) is 1.70. The first-order valence-corrected chi connectivity index (χ1v) is 6.09. The first-order chi connectivity index (χ1) is 7.34. The van der Waals surface area contributed by atoms with Crippen LogP contribution in [0.3, 0.4) is 0 Å². The SMILES string of the molecule is CNCCCCOCc1ccccc1Br. The third-order valence-electron chi connectivity index (χ3n) is 2.18. The van der Waals surface area contributed by atoms with Crippen LogP contribution in [-0.2, 0) is 11.3 Å². The number of ether oxygens (including phenoxy) is 1. The summed E-state index contributed by atoms with van der Waals surface area (Å²) in [5.41, 5.74) is 1.21. The standard InChI is InChI=1S/C12H18BrNO/c1-14-8-4-5-9-15-10-11-6-2-3-7-12(11)13/h2-3,6-7,14H,4-5,8-10H2,1H3. The van der Waals surface area contributed by atoms with Crippen molar-refractivity contribution in [3.63, 3.8) is 0 Å². The number of halogens is 1. The number of unbranched alkanes of at least 4 members (excludes halogenated alkanes) is 1. The lowest BCUT2D eigenvalue weighted by molar-refractivity contribution is 0.117. The molecular weight excluding hydrogens is 254 g/mol. The number of benzene rings is 1. The van der Waals surface area contributed by atoms with Crippen LogP contribution in [0.15, 0.2) is 28.7 Å². The zero-order chi connectivity index (χ0) is 10.9. The Morgan fingerprint density at radius 3 is 2.80 bits per heavy atom. The van der Waals surface area contributed by atoms with Gasteiger partial charge < -0.3 is 10.1 Å². The van der Waals surface area contributed by atoms with Crippen LogP contribution < -0.4 is 5.32 Å². The molecule has 0 aliphatic rings. The van der Waals surface area contributed by atoms with Crippen LogP contribution in [0.5, 0.6) is 0 Å². The molecule has 0 saturated heterocycles. The lowest BCUT2D eigenvalue weighted by Gasteiger charge is -2.05. The lowest BCUT2D eigenvalue weighted by atomic mass is 10.2. The van der Waals surface area contributed by atoms with Gasteiger partial charge in [-0.2, -0.15) is 0 Å². The minimum Gasteiger partial charge on any atom is -0.377 e. The molecule has 0 aromatic heterocycles. The minimum absolute atomic E-state index is 0.695. The van der Waals surface area contributed by atoms with Gasteiger partial charge in [0, 0.05) is 11.1 Å². The lowest BCUT2D eigenvalue weighted by Crippen LogP contribution is -2.08. The molecule has 84 valence electrons. The van der Waals surface area contributed by atoms with E-state index >= 15 is 0 Å². The van der Waals surface area contributed by atoms with Crippen molar-refractivity contribution in [1.82, 2.24) is 5.32 Å². The van der Waals surface area contributed by atoms with E-state index in [4.69, 9.17) is 4.74 Å². The van der Waals surface area contributed by atoms with Crippen molar-refractivity contribution in [1.29, 1.82) is 0 Å². The second-order valence-electron chi connectivity index (χ2n) is 3.45. The first kappa shape index (κ1) is 12.7. The van der Waals surface area contributed by atoms with Gasteiger partial charge in [-0.25, -0.2) is 0 Å². The summed E-state index contributed by atoms with van der Waals surface area (Å²) in [6.45, 7) is 2.60. The topological polar surface area (TPSA) is 21.3 Å². The normalized spacial score (nSPS) is 10.5. The van der Waals surface area contributed by atoms with Crippen molar-refractivity contribution in [3.8, 4) is 0 Å². The maximum absolute atomic E-state index is 5.59. The molecule has 3 heteroatoms. The highest BCUT2D eigenvalue weighted by Gasteiger charge is 1.97. The van der Waals surface area contributed by atoms with Gasteiger partial charge in [0.2, 0.25) is 0 Å². The average molecular weight is 272 g/mol. The summed E-state index contributed by atoms with van der Waals surface area (Å²) in [5.74, 6) is 0. The Labute approximate surface area is 100 Å². The second kappa shape index (κ2) is 7.85. The van der Waals surface area contributed by atoms with Crippen LogP contribution in [0.4, 0.5) is 0 Å². The zero-order valence-corrected chi connectivity index (χ0v) is 10.7. The van der Waals surface area contributed by atoms with Gasteiger partial charge in [0.15, 0.2) is 0 Å². The van der Waals surface area contributed by atoms with Gasteiger partial charge in [-0.15, -0.1) is 0 Å². The van der Waals surface area contributed by atoms with Crippen molar-refractivity contribution in [2.45, 2.75) is 19.4 Å². The van der Waals surface area contributed by atoms with E-state index in [0.29, 0.717) is 6.61 Å². The summed E-state index contributed by atoms with van der Waals surface area (Å²) in [5, 5.41) is 3.12. The summed E-state index contributed by atoms with van der Waals surface area (Å²) in [6, 6.07) is 8.17. The predicted molar refractivity (Wildman–Crippen MR) is 67.0 cm³/mol. The molecule has 15 heavy (non-hydrogen) atoms. The third-order valence-corrected chi connectivity index (χ3v) is 2.95. The summed E-state index contributed by atoms with van der Waals surface area (Å²) in [6.07, 6.45) is 2.29. The molecular formula is C12H18BrNO. The van der Waals surface area contributed by atoms with Gasteiger partial charge in [0.1, 0.15) is 0 Å². The number of hydrogen-bond donors (Lipinski definition) is 1. The smallest absolute Gasteiger partial charge is 0.0727 e. The van der Waals surface area contributed by atoms with E-state index in [0.717, 1.165) is 24.0 Å². The highest BCUT2D eigenvalue weighted by atomic mass is 79.9. The maximum Gasteiger partial charge on any atom is 0.0727 e. The second-order valence-corrected chi connectivity index (χ2v) is 4.31. The molecule has 0 aliphatic heterocycles. The van der Waals surface area contributed by atoms with Crippen LogP contribution in [0.25, 0.3) is 0 Å². The molecule has 0 saturated carbocycles. The van der Waals surface area contributed by atoms with Crippen molar-refractivity contribution < 1.29 is 4.74 Å². The van der Waals surface area contributed by atoms with Crippen LogP contribution >= 0.6 is 15.9 Å². The van der Waals surface area contributed by atoms with E-state index in [-0.39, 0.29) is 0 Å². The number of nitrogens with one attached hydrogen (secondary N) is 1. The molecule has 0 atom stereocenters. The minimum atomic E-state index is 0.695. The van der Waals surface area contributed by atoms with Crippen molar-refractivity contribution in [3.05, 3.63) is 34.3 Å². The van der Waals surface area contributed by atoms with Crippen LogP contribution in [0.2, 0.25) is 0 Å². The third kappa shape index (κ3) is 5.30. The van der Waals surface area contributed by atoms with E-state index in [1.807, 2.05) is 25.2 Å². The summed E-state index contributed by atoms with van der Waals surface area (Å²) in [4.78, 5) is 0. The molecule has 0 amide bonds. The van der Waals surface area contributed by atoms with Gasteiger partial charge in [0.25, 0.3) is 0 Å². The monoisotopic (exact) mass is 271 g/mol.